The van der Waals surface area contributed by atoms with Gasteiger partial charge in [-0.25, -0.2) is 8.42 Å². The van der Waals surface area contributed by atoms with E-state index in [1.54, 1.807) is 31.3 Å². The molecular weight excluding hydrogens is 476 g/mol. The third-order valence-electron chi connectivity index (χ3n) is 5.78. The first-order valence-corrected chi connectivity index (χ1v) is 13.2. The Morgan fingerprint density at radius 3 is 2.31 bits per heavy atom. The van der Waals surface area contributed by atoms with Gasteiger partial charge in [0.25, 0.3) is 5.91 Å². The Hall–Kier alpha value is -3.98. The molecule has 3 aromatic carbocycles. The number of rotatable bonds is 8. The van der Waals surface area contributed by atoms with E-state index in [0.29, 0.717) is 23.0 Å². The number of hydrogen-bond donors (Lipinski definition) is 0. The van der Waals surface area contributed by atoms with Gasteiger partial charge in [0.2, 0.25) is 21.7 Å². The fourth-order valence-corrected chi connectivity index (χ4v) is 4.74. The molecule has 0 saturated heterocycles. The van der Waals surface area contributed by atoms with Crippen LogP contribution in [0.2, 0.25) is 0 Å². The molecule has 0 N–H and O–H groups in total. The summed E-state index contributed by atoms with van der Waals surface area (Å²) in [5.74, 6) is 0.587. The van der Waals surface area contributed by atoms with Crippen LogP contribution in [0.25, 0.3) is 11.4 Å². The molecule has 0 radical (unpaired) electrons. The van der Waals surface area contributed by atoms with Gasteiger partial charge in [-0.05, 0) is 48.7 Å². The van der Waals surface area contributed by atoms with Crippen LogP contribution in [0.1, 0.15) is 32.9 Å². The van der Waals surface area contributed by atoms with E-state index < -0.39 is 10.0 Å². The van der Waals surface area contributed by atoms with Gasteiger partial charge in [0.1, 0.15) is 0 Å². The topological polar surface area (TPSA) is 96.6 Å². The van der Waals surface area contributed by atoms with Crippen LogP contribution in [-0.4, -0.2) is 42.7 Å². The van der Waals surface area contributed by atoms with Gasteiger partial charge >= 0.3 is 0 Å². The van der Waals surface area contributed by atoms with Crippen molar-refractivity contribution in [3.05, 3.63) is 101 Å². The predicted molar refractivity (Wildman–Crippen MR) is 139 cm³/mol. The number of carbonyl (C=O) groups excluding carboxylic acids is 1. The Morgan fingerprint density at radius 2 is 1.64 bits per heavy atom. The summed E-state index contributed by atoms with van der Waals surface area (Å²) in [5, 5.41) is 3.99. The standard InChI is InChI=1S/C27H28N4O4S/c1-19-10-11-20(2)24(16-19)31(36(4,33)34)17-21-12-14-23(15-13-21)27(32)30(3)18-25-28-26(29-35-25)22-8-6-5-7-9-22/h5-16H,17-18H2,1-4H3. The number of aromatic nitrogens is 2. The number of carbonyl (C=O) groups is 1. The molecule has 0 unspecified atom stereocenters. The molecule has 0 aliphatic carbocycles. The van der Waals surface area contributed by atoms with Gasteiger partial charge in [-0.3, -0.25) is 9.10 Å². The minimum absolute atomic E-state index is 0.162. The largest absolute Gasteiger partial charge is 0.337 e. The monoisotopic (exact) mass is 504 g/mol. The molecule has 0 fully saturated rings. The van der Waals surface area contributed by atoms with Crippen LogP contribution in [0, 0.1) is 13.8 Å². The highest BCUT2D eigenvalue weighted by molar-refractivity contribution is 7.92. The molecule has 4 aromatic rings. The number of aryl methyl sites for hydroxylation is 2. The third-order valence-corrected chi connectivity index (χ3v) is 6.91. The summed E-state index contributed by atoms with van der Waals surface area (Å²) in [5.41, 5.74) is 4.57. The molecule has 1 heterocycles. The molecule has 8 nitrogen and oxygen atoms in total. The summed E-state index contributed by atoms with van der Waals surface area (Å²) in [4.78, 5) is 18.8. The molecule has 0 spiro atoms. The first-order chi connectivity index (χ1) is 17.1. The van der Waals surface area contributed by atoms with E-state index in [4.69, 9.17) is 4.52 Å². The summed E-state index contributed by atoms with van der Waals surface area (Å²) in [7, 11) is -1.85. The van der Waals surface area contributed by atoms with E-state index in [-0.39, 0.29) is 19.0 Å². The number of anilines is 1. The Kier molecular flexibility index (Phi) is 7.21. The van der Waals surface area contributed by atoms with Crippen molar-refractivity contribution >= 4 is 21.6 Å². The molecule has 4 rings (SSSR count). The lowest BCUT2D eigenvalue weighted by Gasteiger charge is -2.25. The van der Waals surface area contributed by atoms with Gasteiger partial charge in [-0.15, -0.1) is 0 Å². The number of nitrogens with zero attached hydrogens (tertiary/aromatic N) is 4. The minimum atomic E-state index is -3.51. The minimum Gasteiger partial charge on any atom is -0.337 e. The summed E-state index contributed by atoms with van der Waals surface area (Å²) in [6.45, 7) is 4.14. The van der Waals surface area contributed by atoms with Gasteiger partial charge < -0.3 is 9.42 Å². The molecular formula is C27H28N4O4S. The van der Waals surface area contributed by atoms with E-state index in [2.05, 4.69) is 10.1 Å². The fraction of sp³-hybridized carbons (Fsp3) is 0.222. The maximum Gasteiger partial charge on any atom is 0.254 e. The van der Waals surface area contributed by atoms with Crippen molar-refractivity contribution in [3.8, 4) is 11.4 Å². The normalized spacial score (nSPS) is 11.3. The maximum atomic E-state index is 13.0. The zero-order chi connectivity index (χ0) is 25.9. The summed E-state index contributed by atoms with van der Waals surface area (Å²) >= 11 is 0. The van der Waals surface area contributed by atoms with Gasteiger partial charge in [-0.1, -0.05) is 59.8 Å². The zero-order valence-electron chi connectivity index (χ0n) is 20.7. The van der Waals surface area contributed by atoms with Gasteiger partial charge in [0.15, 0.2) is 0 Å². The molecule has 1 aromatic heterocycles. The van der Waals surface area contributed by atoms with Crippen LogP contribution in [0.4, 0.5) is 5.69 Å². The van der Waals surface area contributed by atoms with E-state index in [9.17, 15) is 13.2 Å². The van der Waals surface area contributed by atoms with Crippen molar-refractivity contribution in [1.82, 2.24) is 15.0 Å². The Balaban J connectivity index is 1.46. The maximum absolute atomic E-state index is 13.0. The highest BCUT2D eigenvalue weighted by Crippen LogP contribution is 2.26. The SMILES string of the molecule is Cc1ccc(C)c(N(Cc2ccc(C(=O)N(C)Cc3nc(-c4ccccc4)no3)cc2)S(C)(=O)=O)c1. The second-order valence-electron chi connectivity index (χ2n) is 8.80. The second-order valence-corrected chi connectivity index (χ2v) is 10.7. The molecule has 36 heavy (non-hydrogen) atoms. The van der Waals surface area contributed by atoms with Crippen LogP contribution < -0.4 is 4.31 Å². The Bertz CT molecular complexity index is 1470. The van der Waals surface area contributed by atoms with Gasteiger partial charge in [0.05, 0.1) is 25.0 Å². The number of hydrogen-bond acceptors (Lipinski definition) is 6. The molecule has 186 valence electrons. The highest BCUT2D eigenvalue weighted by atomic mass is 32.2. The number of benzene rings is 3. The van der Waals surface area contributed by atoms with Crippen LogP contribution in [0.15, 0.2) is 77.3 Å². The van der Waals surface area contributed by atoms with Crippen LogP contribution in [0.5, 0.6) is 0 Å². The first-order valence-electron chi connectivity index (χ1n) is 11.4. The van der Waals surface area contributed by atoms with Crippen LogP contribution in [-0.2, 0) is 23.1 Å². The lowest BCUT2D eigenvalue weighted by atomic mass is 10.1. The zero-order valence-corrected chi connectivity index (χ0v) is 21.5. The van der Waals surface area contributed by atoms with Crippen molar-refractivity contribution in [1.29, 1.82) is 0 Å². The molecule has 0 aliphatic rings. The molecule has 0 bridgehead atoms. The summed E-state index contributed by atoms with van der Waals surface area (Å²) < 4.78 is 31.9. The molecule has 0 atom stereocenters. The molecule has 0 saturated carbocycles. The summed E-state index contributed by atoms with van der Waals surface area (Å²) in [6, 6.07) is 22.1. The van der Waals surface area contributed by atoms with Crippen LogP contribution in [0.3, 0.4) is 0 Å². The van der Waals surface area contributed by atoms with Crippen molar-refractivity contribution in [2.24, 2.45) is 0 Å². The molecule has 1 amide bonds. The van der Waals surface area contributed by atoms with Gasteiger partial charge in [-0.2, -0.15) is 4.98 Å². The van der Waals surface area contributed by atoms with Crippen molar-refractivity contribution in [3.63, 3.8) is 0 Å². The van der Waals surface area contributed by atoms with E-state index in [1.165, 1.54) is 15.5 Å². The lowest BCUT2D eigenvalue weighted by molar-refractivity contribution is 0.0769. The Labute approximate surface area is 211 Å². The average molecular weight is 505 g/mol. The van der Waals surface area contributed by atoms with Crippen molar-refractivity contribution in [2.75, 3.05) is 17.6 Å². The van der Waals surface area contributed by atoms with Crippen molar-refractivity contribution < 1.29 is 17.7 Å². The fourth-order valence-electron chi connectivity index (χ4n) is 3.81. The summed E-state index contributed by atoms with van der Waals surface area (Å²) in [6.07, 6.45) is 1.20. The predicted octanol–water partition coefficient (Wildman–Crippen LogP) is 4.59. The number of amides is 1. The third kappa shape index (κ3) is 5.80. The second kappa shape index (κ2) is 10.3. The lowest BCUT2D eigenvalue weighted by Crippen LogP contribution is -2.30. The Morgan fingerprint density at radius 1 is 0.944 bits per heavy atom. The van der Waals surface area contributed by atoms with Crippen molar-refractivity contribution in [2.45, 2.75) is 26.9 Å². The highest BCUT2D eigenvalue weighted by Gasteiger charge is 2.21. The number of sulfonamides is 1. The van der Waals surface area contributed by atoms with E-state index in [0.717, 1.165) is 22.3 Å². The van der Waals surface area contributed by atoms with Crippen LogP contribution >= 0.6 is 0 Å². The van der Waals surface area contributed by atoms with E-state index >= 15 is 0 Å². The quantitative estimate of drug-likeness (QED) is 0.348. The average Bonchev–Trinajstić information content (AvgIpc) is 3.32. The smallest absolute Gasteiger partial charge is 0.254 e. The molecule has 9 heteroatoms. The first kappa shape index (κ1) is 25.1. The van der Waals surface area contributed by atoms with E-state index in [1.807, 2.05) is 62.4 Å². The molecule has 0 aliphatic heterocycles. The van der Waals surface area contributed by atoms with Gasteiger partial charge in [0, 0.05) is 18.2 Å².